The topological polar surface area (TPSA) is 51.2 Å². The van der Waals surface area contributed by atoms with Crippen LogP contribution >= 0.6 is 22.9 Å². The van der Waals surface area contributed by atoms with Crippen molar-refractivity contribution in [2.75, 3.05) is 5.32 Å². The van der Waals surface area contributed by atoms with Gasteiger partial charge in [-0.05, 0) is 30.3 Å². The zero-order valence-electron chi connectivity index (χ0n) is 12.6. The van der Waals surface area contributed by atoms with Gasteiger partial charge < -0.3 is 4.74 Å². The second-order valence-corrected chi connectivity index (χ2v) is 6.20. The predicted octanol–water partition coefficient (Wildman–Crippen LogP) is 5.32. The molecule has 0 unspecified atom stereocenters. The number of nitrogens with zero attached hydrogens (tertiary/aromatic N) is 1. The van der Waals surface area contributed by atoms with Crippen molar-refractivity contribution in [1.29, 1.82) is 0 Å². The number of rotatable bonds is 5. The Morgan fingerprint density at radius 1 is 1.20 bits per heavy atom. The van der Waals surface area contributed by atoms with Crippen LogP contribution in [-0.4, -0.2) is 17.5 Å². The fraction of sp³-hybridized carbons (Fsp3) is 0.0588. The van der Waals surface area contributed by atoms with Gasteiger partial charge in [-0.25, -0.2) is 4.98 Å². The normalized spacial score (nSPS) is 10.7. The molecule has 0 aliphatic carbocycles. The van der Waals surface area contributed by atoms with Crippen LogP contribution in [0, 0.1) is 0 Å². The maximum Gasteiger partial charge on any atom is 0.387 e. The van der Waals surface area contributed by atoms with Crippen LogP contribution < -0.4 is 10.1 Å². The summed E-state index contributed by atoms with van der Waals surface area (Å²) < 4.78 is 28.8. The molecule has 1 amide bonds. The highest BCUT2D eigenvalue weighted by Gasteiger charge is 2.12. The maximum absolute atomic E-state index is 12.2. The molecule has 0 aliphatic heterocycles. The fourth-order valence-electron chi connectivity index (χ4n) is 2.07. The molecule has 8 heteroatoms. The summed E-state index contributed by atoms with van der Waals surface area (Å²) in [5.41, 5.74) is 1.77. The number of halogens is 3. The lowest BCUT2D eigenvalue weighted by atomic mass is 10.2. The van der Waals surface area contributed by atoms with Gasteiger partial charge in [0.1, 0.15) is 5.75 Å². The van der Waals surface area contributed by atoms with E-state index >= 15 is 0 Å². The first kappa shape index (κ1) is 17.3. The molecule has 3 aromatic rings. The van der Waals surface area contributed by atoms with E-state index in [1.807, 2.05) is 12.1 Å². The minimum absolute atomic E-state index is 0.0800. The van der Waals surface area contributed by atoms with Gasteiger partial charge >= 0.3 is 6.61 Å². The molecule has 0 atom stereocenters. The molecular weight excluding hydrogens is 370 g/mol. The number of hydrogen-bond donors (Lipinski definition) is 1. The van der Waals surface area contributed by atoms with Gasteiger partial charge in [0.15, 0.2) is 5.13 Å². The first-order chi connectivity index (χ1) is 12.0. The Morgan fingerprint density at radius 3 is 2.68 bits per heavy atom. The van der Waals surface area contributed by atoms with Gasteiger partial charge in [-0.1, -0.05) is 29.8 Å². The summed E-state index contributed by atoms with van der Waals surface area (Å²) >= 11 is 7.11. The third-order valence-corrected chi connectivity index (χ3v) is 4.20. The lowest BCUT2D eigenvalue weighted by Gasteiger charge is -2.06. The van der Waals surface area contributed by atoms with Crippen molar-refractivity contribution in [3.8, 4) is 17.0 Å². The lowest BCUT2D eigenvalue weighted by Crippen LogP contribution is -2.12. The molecule has 25 heavy (non-hydrogen) atoms. The Hall–Kier alpha value is -2.51. The molecule has 0 fully saturated rings. The molecule has 1 heterocycles. The first-order valence-electron chi connectivity index (χ1n) is 7.09. The standard InChI is InChI=1S/C17H11ClF2N2O2S/c18-12-6-4-10(5-7-12)14-9-25-17(21-14)22-15(23)11-2-1-3-13(8-11)24-16(19)20/h1-9,16H,(H,21,22,23). The molecule has 1 aromatic heterocycles. The van der Waals surface area contributed by atoms with E-state index in [1.165, 1.54) is 35.6 Å². The van der Waals surface area contributed by atoms with E-state index in [0.717, 1.165) is 5.56 Å². The number of carbonyl (C=O) groups is 1. The number of ether oxygens (including phenoxy) is 1. The molecule has 3 rings (SSSR count). The molecule has 0 bridgehead atoms. The largest absolute Gasteiger partial charge is 0.435 e. The van der Waals surface area contributed by atoms with Crippen molar-refractivity contribution in [2.24, 2.45) is 0 Å². The second-order valence-electron chi connectivity index (χ2n) is 4.91. The van der Waals surface area contributed by atoms with Gasteiger partial charge in [0.05, 0.1) is 5.69 Å². The van der Waals surface area contributed by atoms with Gasteiger partial charge in [-0.2, -0.15) is 8.78 Å². The van der Waals surface area contributed by atoms with Crippen LogP contribution in [0.5, 0.6) is 5.75 Å². The van der Waals surface area contributed by atoms with E-state index in [2.05, 4.69) is 15.0 Å². The number of benzene rings is 2. The zero-order valence-corrected chi connectivity index (χ0v) is 14.2. The Morgan fingerprint density at radius 2 is 1.96 bits per heavy atom. The minimum atomic E-state index is -2.95. The average Bonchev–Trinajstić information content (AvgIpc) is 3.03. The third kappa shape index (κ3) is 4.52. The SMILES string of the molecule is O=C(Nc1nc(-c2ccc(Cl)cc2)cs1)c1cccc(OC(F)F)c1. The average molecular weight is 381 g/mol. The van der Waals surface area contributed by atoms with Crippen molar-refractivity contribution in [1.82, 2.24) is 4.98 Å². The predicted molar refractivity (Wildman–Crippen MR) is 93.6 cm³/mol. The van der Waals surface area contributed by atoms with Crippen LogP contribution in [0.15, 0.2) is 53.9 Å². The summed E-state index contributed by atoms with van der Waals surface area (Å²) in [5, 5.41) is 5.46. The Labute approximate surface area is 151 Å². The summed E-state index contributed by atoms with van der Waals surface area (Å²) in [6.07, 6.45) is 0. The van der Waals surface area contributed by atoms with Crippen LogP contribution in [0.1, 0.15) is 10.4 Å². The molecule has 4 nitrogen and oxygen atoms in total. The van der Waals surface area contributed by atoms with Gasteiger partial charge in [-0.15, -0.1) is 11.3 Å². The van der Waals surface area contributed by atoms with Crippen LogP contribution in [-0.2, 0) is 0 Å². The van der Waals surface area contributed by atoms with Crippen LogP contribution in [0.3, 0.4) is 0 Å². The van der Waals surface area contributed by atoms with Crippen molar-refractivity contribution >= 4 is 34.0 Å². The molecule has 1 N–H and O–H groups in total. The van der Waals surface area contributed by atoms with Crippen LogP contribution in [0.2, 0.25) is 5.02 Å². The summed E-state index contributed by atoms with van der Waals surface area (Å²) in [7, 11) is 0. The van der Waals surface area contributed by atoms with Crippen molar-refractivity contribution in [3.05, 3.63) is 64.5 Å². The Balaban J connectivity index is 1.72. The fourth-order valence-corrected chi connectivity index (χ4v) is 2.91. The van der Waals surface area contributed by atoms with E-state index in [9.17, 15) is 13.6 Å². The van der Waals surface area contributed by atoms with E-state index in [4.69, 9.17) is 11.6 Å². The van der Waals surface area contributed by atoms with E-state index in [1.54, 1.807) is 17.5 Å². The summed E-state index contributed by atoms with van der Waals surface area (Å²) in [6.45, 7) is -2.95. The monoisotopic (exact) mass is 380 g/mol. The number of anilines is 1. The highest BCUT2D eigenvalue weighted by Crippen LogP contribution is 2.26. The smallest absolute Gasteiger partial charge is 0.387 e. The summed E-state index contributed by atoms with van der Waals surface area (Å²) in [6, 6.07) is 12.7. The number of alkyl halides is 2. The van der Waals surface area contributed by atoms with Gasteiger partial charge in [-0.3, -0.25) is 10.1 Å². The molecule has 0 saturated heterocycles. The number of aromatic nitrogens is 1. The molecular formula is C17H11ClF2N2O2S. The quantitative estimate of drug-likeness (QED) is 0.652. The maximum atomic E-state index is 12.2. The highest BCUT2D eigenvalue weighted by atomic mass is 35.5. The number of carbonyl (C=O) groups excluding carboxylic acids is 1. The Kier molecular flexibility index (Phi) is 5.25. The molecule has 2 aromatic carbocycles. The molecule has 128 valence electrons. The minimum Gasteiger partial charge on any atom is -0.435 e. The van der Waals surface area contributed by atoms with Crippen LogP contribution in [0.25, 0.3) is 11.3 Å². The van der Waals surface area contributed by atoms with Gasteiger partial charge in [0.25, 0.3) is 5.91 Å². The van der Waals surface area contributed by atoms with Gasteiger partial charge in [0.2, 0.25) is 0 Å². The van der Waals surface area contributed by atoms with Crippen molar-refractivity contribution < 1.29 is 18.3 Å². The number of amides is 1. The molecule has 0 saturated carbocycles. The van der Waals surface area contributed by atoms with E-state index < -0.39 is 12.5 Å². The van der Waals surface area contributed by atoms with Crippen molar-refractivity contribution in [3.63, 3.8) is 0 Å². The molecule has 0 radical (unpaired) electrons. The number of nitrogens with one attached hydrogen (secondary N) is 1. The van der Waals surface area contributed by atoms with Crippen molar-refractivity contribution in [2.45, 2.75) is 6.61 Å². The Bertz CT molecular complexity index is 884. The summed E-state index contributed by atoms with van der Waals surface area (Å²) in [5.74, 6) is -0.541. The van der Waals surface area contributed by atoms with Crippen LogP contribution in [0.4, 0.5) is 13.9 Å². The first-order valence-corrected chi connectivity index (χ1v) is 8.35. The van der Waals surface area contributed by atoms with E-state index in [-0.39, 0.29) is 11.3 Å². The van der Waals surface area contributed by atoms with Gasteiger partial charge in [0, 0.05) is 21.5 Å². The molecule has 0 spiro atoms. The summed E-state index contributed by atoms with van der Waals surface area (Å²) in [4.78, 5) is 16.6. The lowest BCUT2D eigenvalue weighted by molar-refractivity contribution is -0.0498. The third-order valence-electron chi connectivity index (χ3n) is 3.19. The second kappa shape index (κ2) is 7.58. The number of hydrogen-bond acceptors (Lipinski definition) is 4. The molecule has 0 aliphatic rings. The highest BCUT2D eigenvalue weighted by molar-refractivity contribution is 7.14. The van der Waals surface area contributed by atoms with E-state index in [0.29, 0.717) is 15.8 Å². The number of thiazole rings is 1. The zero-order chi connectivity index (χ0) is 17.8.